The minimum absolute atomic E-state index is 0.492. The summed E-state index contributed by atoms with van der Waals surface area (Å²) in [6.45, 7) is 4.67. The first-order valence-corrected chi connectivity index (χ1v) is 6.51. The van der Waals surface area contributed by atoms with Gasteiger partial charge >= 0.3 is 7.12 Å². The molecular weight excluding hydrogens is 241 g/mol. The second-order valence-corrected chi connectivity index (χ2v) is 4.43. The summed E-state index contributed by atoms with van der Waals surface area (Å²) in [5.41, 5.74) is 1.47. The quantitative estimate of drug-likeness (QED) is 0.749. The van der Waals surface area contributed by atoms with Crippen LogP contribution in [-0.2, 0) is 19.4 Å². The average Bonchev–Trinajstić information content (AvgIpc) is 2.81. The van der Waals surface area contributed by atoms with Crippen LogP contribution < -0.4 is 5.46 Å². The van der Waals surface area contributed by atoms with Gasteiger partial charge in [0.05, 0.1) is 6.54 Å². The van der Waals surface area contributed by atoms with Gasteiger partial charge in [-0.2, -0.15) is 5.10 Å². The molecule has 2 N–H and O–H groups in total. The highest BCUT2D eigenvalue weighted by Gasteiger charge is 2.12. The smallest absolute Gasteiger partial charge is 0.423 e. The van der Waals surface area contributed by atoms with Crippen molar-refractivity contribution in [2.24, 2.45) is 0 Å². The number of aromatic nitrogens is 3. The Bertz CT molecular complexity index is 555. The molecule has 0 fully saturated rings. The summed E-state index contributed by atoms with van der Waals surface area (Å²) >= 11 is 0. The van der Waals surface area contributed by atoms with Crippen LogP contribution in [0.2, 0.25) is 0 Å². The van der Waals surface area contributed by atoms with Crippen molar-refractivity contribution in [3.63, 3.8) is 0 Å². The fourth-order valence-corrected chi connectivity index (χ4v) is 1.99. The number of hydrogen-bond acceptors (Lipinski definition) is 4. The number of rotatable bonds is 5. The van der Waals surface area contributed by atoms with Crippen molar-refractivity contribution < 1.29 is 10.0 Å². The predicted molar refractivity (Wildman–Crippen MR) is 74.1 cm³/mol. The van der Waals surface area contributed by atoms with E-state index in [1.165, 1.54) is 0 Å². The summed E-state index contributed by atoms with van der Waals surface area (Å²) in [6.07, 6.45) is 1.64. The van der Waals surface area contributed by atoms with Crippen LogP contribution in [-0.4, -0.2) is 31.9 Å². The minimum atomic E-state index is -1.44. The molecule has 5 nitrogen and oxygen atoms in total. The third-order valence-electron chi connectivity index (χ3n) is 3.01. The zero-order valence-electron chi connectivity index (χ0n) is 11.2. The molecule has 0 saturated carbocycles. The minimum Gasteiger partial charge on any atom is -0.423 e. The van der Waals surface area contributed by atoms with Gasteiger partial charge in [0.1, 0.15) is 5.82 Å². The van der Waals surface area contributed by atoms with Crippen LogP contribution in [0.1, 0.15) is 31.1 Å². The standard InChI is InChI=1S/C13H18BN3O2/c1-3-12-15-13(4-2)17(16-12)9-10-6-5-7-11(8-10)14(18)19/h5-8,18-19H,3-4,9H2,1-2H3. The van der Waals surface area contributed by atoms with E-state index in [1.807, 2.05) is 30.7 Å². The molecule has 1 heterocycles. The second-order valence-electron chi connectivity index (χ2n) is 4.43. The number of nitrogens with zero attached hydrogens (tertiary/aromatic N) is 3. The van der Waals surface area contributed by atoms with E-state index >= 15 is 0 Å². The van der Waals surface area contributed by atoms with Crippen molar-refractivity contribution in [3.05, 3.63) is 41.5 Å². The molecule has 0 spiro atoms. The summed E-state index contributed by atoms with van der Waals surface area (Å²) in [5, 5.41) is 22.8. The molecule has 0 radical (unpaired) electrons. The van der Waals surface area contributed by atoms with Crippen molar-refractivity contribution in [1.29, 1.82) is 0 Å². The molecule has 0 amide bonds. The third-order valence-corrected chi connectivity index (χ3v) is 3.01. The molecule has 6 heteroatoms. The zero-order chi connectivity index (χ0) is 13.8. The van der Waals surface area contributed by atoms with E-state index in [1.54, 1.807) is 12.1 Å². The Labute approximate surface area is 113 Å². The van der Waals surface area contributed by atoms with Crippen LogP contribution in [0.3, 0.4) is 0 Å². The van der Waals surface area contributed by atoms with E-state index in [-0.39, 0.29) is 0 Å². The van der Waals surface area contributed by atoms with Gasteiger partial charge in [-0.3, -0.25) is 0 Å². The predicted octanol–water partition coefficient (Wildman–Crippen LogP) is 0.131. The number of aryl methyl sites for hydroxylation is 2. The number of hydrogen-bond donors (Lipinski definition) is 2. The SMILES string of the molecule is CCc1nc(CC)n(Cc2cccc(B(O)O)c2)n1. The maximum absolute atomic E-state index is 9.18. The monoisotopic (exact) mass is 259 g/mol. The van der Waals surface area contributed by atoms with Crippen molar-refractivity contribution in [1.82, 2.24) is 14.8 Å². The Kier molecular flexibility index (Phi) is 4.34. The van der Waals surface area contributed by atoms with E-state index in [0.29, 0.717) is 12.0 Å². The molecule has 1 aromatic carbocycles. The summed E-state index contributed by atoms with van der Waals surface area (Å²) < 4.78 is 1.88. The molecule has 0 atom stereocenters. The summed E-state index contributed by atoms with van der Waals surface area (Å²) in [4.78, 5) is 4.45. The van der Waals surface area contributed by atoms with Gasteiger partial charge in [-0.1, -0.05) is 38.1 Å². The van der Waals surface area contributed by atoms with Gasteiger partial charge in [0.15, 0.2) is 5.82 Å². The molecule has 2 aromatic rings. The van der Waals surface area contributed by atoms with Gasteiger partial charge in [-0.05, 0) is 11.0 Å². The van der Waals surface area contributed by atoms with Gasteiger partial charge in [-0.15, -0.1) is 0 Å². The lowest BCUT2D eigenvalue weighted by Gasteiger charge is -2.06. The molecule has 0 aliphatic rings. The first kappa shape index (κ1) is 13.8. The highest BCUT2D eigenvalue weighted by Crippen LogP contribution is 2.06. The number of benzene rings is 1. The Balaban J connectivity index is 2.25. The molecule has 19 heavy (non-hydrogen) atoms. The second kappa shape index (κ2) is 5.99. The fourth-order valence-electron chi connectivity index (χ4n) is 1.99. The Hall–Kier alpha value is -1.66. The molecule has 1 aromatic heterocycles. The highest BCUT2D eigenvalue weighted by atomic mass is 16.4. The van der Waals surface area contributed by atoms with E-state index in [2.05, 4.69) is 10.1 Å². The van der Waals surface area contributed by atoms with Crippen LogP contribution in [0, 0.1) is 0 Å². The van der Waals surface area contributed by atoms with E-state index in [0.717, 1.165) is 30.1 Å². The Morgan fingerprint density at radius 1 is 1.21 bits per heavy atom. The normalized spacial score (nSPS) is 10.7. The Morgan fingerprint density at radius 2 is 2.00 bits per heavy atom. The maximum atomic E-state index is 9.18. The lowest BCUT2D eigenvalue weighted by molar-refractivity contribution is 0.425. The van der Waals surface area contributed by atoms with Crippen LogP contribution in [0.25, 0.3) is 0 Å². The van der Waals surface area contributed by atoms with Crippen molar-refractivity contribution >= 4 is 12.6 Å². The van der Waals surface area contributed by atoms with E-state index < -0.39 is 7.12 Å². The maximum Gasteiger partial charge on any atom is 0.488 e. The molecule has 100 valence electrons. The molecule has 0 aliphatic heterocycles. The van der Waals surface area contributed by atoms with Crippen molar-refractivity contribution in [2.45, 2.75) is 33.2 Å². The molecule has 0 unspecified atom stereocenters. The first-order chi connectivity index (χ1) is 9.13. The summed E-state index contributed by atoms with van der Waals surface area (Å²) in [5.74, 6) is 1.79. The van der Waals surface area contributed by atoms with Gasteiger partial charge in [-0.25, -0.2) is 9.67 Å². The molecule has 0 bridgehead atoms. The summed E-state index contributed by atoms with van der Waals surface area (Å²) in [7, 11) is -1.44. The van der Waals surface area contributed by atoms with Gasteiger partial charge in [0, 0.05) is 12.8 Å². The van der Waals surface area contributed by atoms with Gasteiger partial charge in [0.25, 0.3) is 0 Å². The molecular formula is C13H18BN3O2. The third kappa shape index (κ3) is 3.21. The largest absolute Gasteiger partial charge is 0.488 e. The first-order valence-electron chi connectivity index (χ1n) is 6.51. The topological polar surface area (TPSA) is 71.2 Å². The summed E-state index contributed by atoms with van der Waals surface area (Å²) in [6, 6.07) is 7.22. The molecule has 0 aliphatic carbocycles. The fraction of sp³-hybridized carbons (Fsp3) is 0.385. The van der Waals surface area contributed by atoms with Crippen LogP contribution >= 0.6 is 0 Å². The van der Waals surface area contributed by atoms with E-state index in [9.17, 15) is 10.0 Å². The van der Waals surface area contributed by atoms with Crippen LogP contribution in [0.4, 0.5) is 0 Å². The lowest BCUT2D eigenvalue weighted by atomic mass is 9.80. The van der Waals surface area contributed by atoms with Gasteiger partial charge < -0.3 is 10.0 Å². The van der Waals surface area contributed by atoms with E-state index in [4.69, 9.17) is 0 Å². The molecule has 0 saturated heterocycles. The van der Waals surface area contributed by atoms with Crippen LogP contribution in [0.15, 0.2) is 24.3 Å². The zero-order valence-corrected chi connectivity index (χ0v) is 11.2. The Morgan fingerprint density at radius 3 is 2.63 bits per heavy atom. The van der Waals surface area contributed by atoms with Crippen LogP contribution in [0.5, 0.6) is 0 Å². The lowest BCUT2D eigenvalue weighted by Crippen LogP contribution is -2.30. The average molecular weight is 259 g/mol. The van der Waals surface area contributed by atoms with Gasteiger partial charge in [0.2, 0.25) is 0 Å². The van der Waals surface area contributed by atoms with Crippen molar-refractivity contribution in [3.8, 4) is 0 Å². The van der Waals surface area contributed by atoms with Crippen molar-refractivity contribution in [2.75, 3.05) is 0 Å². The highest BCUT2D eigenvalue weighted by molar-refractivity contribution is 6.58. The molecule has 2 rings (SSSR count).